The molecule has 7 heteroatoms. The number of Topliss-reactive ketones (excluding diaryl/α,β-unsaturated/α-hetero) is 1. The number of anilines is 2. The van der Waals surface area contributed by atoms with Gasteiger partial charge in [-0.05, 0) is 63.6 Å². The molecule has 2 N–H and O–H groups in total. The molecule has 0 atom stereocenters. The number of benzene rings is 1. The predicted molar refractivity (Wildman–Crippen MR) is 119 cm³/mol. The van der Waals surface area contributed by atoms with E-state index >= 15 is 0 Å². The Hall–Kier alpha value is -2.96. The summed E-state index contributed by atoms with van der Waals surface area (Å²) < 4.78 is 0. The first kappa shape index (κ1) is 21.7. The van der Waals surface area contributed by atoms with E-state index in [4.69, 9.17) is 0 Å². The molecule has 3 rings (SSSR count). The molecule has 0 bridgehead atoms. The average molecular weight is 410 g/mol. The highest BCUT2D eigenvalue weighted by Gasteiger charge is 2.27. The Morgan fingerprint density at radius 3 is 2.20 bits per heavy atom. The van der Waals surface area contributed by atoms with E-state index in [1.807, 2.05) is 58.0 Å². The molecule has 160 valence electrons. The Kier molecular flexibility index (Phi) is 6.70. The summed E-state index contributed by atoms with van der Waals surface area (Å²) in [5.41, 5.74) is 3.31. The number of amides is 1. The van der Waals surface area contributed by atoms with Gasteiger partial charge < -0.3 is 15.5 Å². The quantitative estimate of drug-likeness (QED) is 0.563. The third kappa shape index (κ3) is 5.14. The lowest BCUT2D eigenvalue weighted by atomic mass is 9.90. The normalized spacial score (nSPS) is 18.6. The summed E-state index contributed by atoms with van der Waals surface area (Å²) in [6.45, 7) is 5.75. The molecule has 1 saturated carbocycles. The van der Waals surface area contributed by atoms with Crippen molar-refractivity contribution >= 4 is 23.5 Å². The second kappa shape index (κ2) is 9.24. The third-order valence-corrected chi connectivity index (χ3v) is 5.61. The van der Waals surface area contributed by atoms with E-state index in [-0.39, 0.29) is 12.1 Å². The topological polar surface area (TPSA) is 87.2 Å². The highest BCUT2D eigenvalue weighted by atomic mass is 16.2. The Morgan fingerprint density at radius 2 is 1.60 bits per heavy atom. The van der Waals surface area contributed by atoms with Crippen LogP contribution in [-0.4, -0.2) is 47.8 Å². The molecule has 0 unspecified atom stereocenters. The van der Waals surface area contributed by atoms with Crippen molar-refractivity contribution in [1.29, 1.82) is 0 Å². The molecule has 1 aromatic carbocycles. The molecule has 0 radical (unpaired) electrons. The molecule has 1 fully saturated rings. The largest absolute Gasteiger partial charge is 0.363 e. The maximum absolute atomic E-state index is 12.7. The highest BCUT2D eigenvalue weighted by Crippen LogP contribution is 2.22. The molecule has 0 spiro atoms. The van der Waals surface area contributed by atoms with Crippen molar-refractivity contribution in [3.05, 3.63) is 46.6 Å². The van der Waals surface area contributed by atoms with Gasteiger partial charge in [-0.3, -0.25) is 9.59 Å². The van der Waals surface area contributed by atoms with Crippen molar-refractivity contribution in [2.24, 2.45) is 0 Å². The van der Waals surface area contributed by atoms with Crippen LogP contribution in [0.5, 0.6) is 0 Å². The van der Waals surface area contributed by atoms with Crippen molar-refractivity contribution < 1.29 is 9.59 Å². The van der Waals surface area contributed by atoms with Crippen LogP contribution in [0.1, 0.15) is 52.7 Å². The lowest BCUT2D eigenvalue weighted by molar-refractivity contribution is -0.117. The number of hydrogen-bond donors (Lipinski definition) is 2. The summed E-state index contributed by atoms with van der Waals surface area (Å²) in [7, 11) is 3.89. The summed E-state index contributed by atoms with van der Waals surface area (Å²) in [5, 5.41) is 6.33. The van der Waals surface area contributed by atoms with Crippen LogP contribution in [0, 0.1) is 20.8 Å². The fourth-order valence-corrected chi connectivity index (χ4v) is 4.14. The van der Waals surface area contributed by atoms with Gasteiger partial charge in [-0.1, -0.05) is 17.7 Å². The van der Waals surface area contributed by atoms with Crippen LogP contribution in [-0.2, 0) is 4.79 Å². The van der Waals surface area contributed by atoms with Crippen LogP contribution in [0.3, 0.4) is 0 Å². The van der Waals surface area contributed by atoms with Crippen molar-refractivity contribution in [3.63, 3.8) is 0 Å². The fourth-order valence-electron chi connectivity index (χ4n) is 4.14. The SMILES string of the molecule is Cc1cc(C)c(C(=O)C(=O)NC2CCC(Nc3nccc(N(C)C)n3)CC2)c(C)c1. The summed E-state index contributed by atoms with van der Waals surface area (Å²) in [4.78, 5) is 36.0. The second-order valence-electron chi connectivity index (χ2n) is 8.40. The van der Waals surface area contributed by atoms with Crippen molar-refractivity contribution in [2.75, 3.05) is 24.3 Å². The summed E-state index contributed by atoms with van der Waals surface area (Å²) >= 11 is 0. The number of rotatable bonds is 6. The van der Waals surface area contributed by atoms with Gasteiger partial charge in [0.1, 0.15) is 5.82 Å². The second-order valence-corrected chi connectivity index (χ2v) is 8.40. The van der Waals surface area contributed by atoms with E-state index in [2.05, 4.69) is 20.6 Å². The third-order valence-electron chi connectivity index (χ3n) is 5.61. The molecule has 1 heterocycles. The van der Waals surface area contributed by atoms with Gasteiger partial charge in [0.2, 0.25) is 5.95 Å². The van der Waals surface area contributed by atoms with E-state index in [9.17, 15) is 9.59 Å². The van der Waals surface area contributed by atoms with Crippen molar-refractivity contribution in [3.8, 4) is 0 Å². The van der Waals surface area contributed by atoms with Gasteiger partial charge in [-0.2, -0.15) is 4.98 Å². The first-order valence-electron chi connectivity index (χ1n) is 10.4. The number of nitrogens with zero attached hydrogens (tertiary/aromatic N) is 3. The zero-order chi connectivity index (χ0) is 21.8. The van der Waals surface area contributed by atoms with Gasteiger partial charge in [0.05, 0.1) is 0 Å². The van der Waals surface area contributed by atoms with Crippen LogP contribution in [0.4, 0.5) is 11.8 Å². The van der Waals surface area contributed by atoms with Gasteiger partial charge in [-0.25, -0.2) is 4.98 Å². The number of carbonyl (C=O) groups excluding carboxylic acids is 2. The van der Waals surface area contributed by atoms with E-state index in [1.54, 1.807) is 6.20 Å². The standard InChI is InChI=1S/C23H31N5O2/c1-14-12-15(2)20(16(3)13-14)21(29)22(30)25-17-6-8-18(9-7-17)26-23-24-11-10-19(27-23)28(4)5/h10-13,17-18H,6-9H2,1-5H3,(H,25,30)(H,24,26,27). The monoisotopic (exact) mass is 409 g/mol. The van der Waals surface area contributed by atoms with Gasteiger partial charge in [0.25, 0.3) is 11.7 Å². The predicted octanol–water partition coefficient (Wildman–Crippen LogP) is 3.19. The molecule has 0 saturated heterocycles. The van der Waals surface area contributed by atoms with E-state index < -0.39 is 11.7 Å². The Morgan fingerprint density at radius 1 is 1.00 bits per heavy atom. The molecule has 30 heavy (non-hydrogen) atoms. The minimum atomic E-state index is -0.511. The van der Waals surface area contributed by atoms with E-state index in [0.29, 0.717) is 11.5 Å². The van der Waals surface area contributed by atoms with Crippen LogP contribution >= 0.6 is 0 Å². The molecule has 1 amide bonds. The fraction of sp³-hybridized carbons (Fsp3) is 0.478. The average Bonchev–Trinajstić information content (AvgIpc) is 2.68. The molecule has 2 aromatic rings. The highest BCUT2D eigenvalue weighted by molar-refractivity contribution is 6.43. The summed E-state index contributed by atoms with van der Waals surface area (Å²) in [6.07, 6.45) is 5.15. The first-order chi connectivity index (χ1) is 14.2. The number of aromatic nitrogens is 2. The van der Waals surface area contributed by atoms with Crippen molar-refractivity contribution in [2.45, 2.75) is 58.5 Å². The Labute approximate surface area is 178 Å². The molecular weight excluding hydrogens is 378 g/mol. The maximum Gasteiger partial charge on any atom is 0.292 e. The van der Waals surface area contributed by atoms with Gasteiger partial charge in [0.15, 0.2) is 0 Å². The zero-order valence-electron chi connectivity index (χ0n) is 18.5. The van der Waals surface area contributed by atoms with Crippen LogP contribution in [0.2, 0.25) is 0 Å². The number of hydrogen-bond acceptors (Lipinski definition) is 6. The van der Waals surface area contributed by atoms with Crippen LogP contribution in [0.15, 0.2) is 24.4 Å². The maximum atomic E-state index is 12.7. The smallest absolute Gasteiger partial charge is 0.292 e. The molecule has 7 nitrogen and oxygen atoms in total. The van der Waals surface area contributed by atoms with E-state index in [0.717, 1.165) is 48.2 Å². The van der Waals surface area contributed by atoms with Crippen LogP contribution in [0.25, 0.3) is 0 Å². The number of nitrogens with one attached hydrogen (secondary N) is 2. The zero-order valence-corrected chi connectivity index (χ0v) is 18.5. The summed E-state index contributed by atoms with van der Waals surface area (Å²) in [5.74, 6) is 0.519. The molecule has 1 aliphatic carbocycles. The van der Waals surface area contributed by atoms with Crippen LogP contribution < -0.4 is 15.5 Å². The molecule has 0 aliphatic heterocycles. The number of aryl methyl sites for hydroxylation is 3. The number of ketones is 1. The first-order valence-corrected chi connectivity index (χ1v) is 10.4. The van der Waals surface area contributed by atoms with Gasteiger partial charge in [0, 0.05) is 37.9 Å². The van der Waals surface area contributed by atoms with Gasteiger partial charge >= 0.3 is 0 Å². The van der Waals surface area contributed by atoms with Crippen molar-refractivity contribution in [1.82, 2.24) is 15.3 Å². The van der Waals surface area contributed by atoms with Gasteiger partial charge in [-0.15, -0.1) is 0 Å². The minimum Gasteiger partial charge on any atom is -0.363 e. The molecule has 1 aromatic heterocycles. The number of carbonyl (C=O) groups is 2. The van der Waals surface area contributed by atoms with E-state index in [1.165, 1.54) is 0 Å². The molecule has 1 aliphatic rings. The summed E-state index contributed by atoms with van der Waals surface area (Å²) in [6, 6.07) is 6.02. The molecular formula is C23H31N5O2. The minimum absolute atomic E-state index is 0.0135. The Bertz CT molecular complexity index is 910. The lowest BCUT2D eigenvalue weighted by Gasteiger charge is -2.29. The Balaban J connectivity index is 1.54. The lowest BCUT2D eigenvalue weighted by Crippen LogP contribution is -2.43.